The molecule has 4 nitrogen and oxygen atoms in total. The molecular formula is C13H10BrNO3. The van der Waals surface area contributed by atoms with Crippen molar-refractivity contribution in [3.05, 3.63) is 52.1 Å². The number of ether oxygens (including phenoxy) is 1. The molecule has 0 aliphatic rings. The van der Waals surface area contributed by atoms with Crippen LogP contribution < -0.4 is 4.74 Å². The van der Waals surface area contributed by atoms with E-state index in [0.717, 1.165) is 10.0 Å². The molecule has 1 heterocycles. The minimum Gasteiger partial charge on any atom is -0.478 e. The summed E-state index contributed by atoms with van der Waals surface area (Å²) >= 11 is 3.32. The summed E-state index contributed by atoms with van der Waals surface area (Å²) in [6.07, 6.45) is 1.63. The number of aromatic nitrogens is 1. The van der Waals surface area contributed by atoms with Gasteiger partial charge in [-0.2, -0.15) is 0 Å². The molecule has 0 bridgehead atoms. The predicted molar refractivity (Wildman–Crippen MR) is 70.1 cm³/mol. The number of rotatable bonds is 3. The molecule has 0 aliphatic carbocycles. The fraction of sp³-hybridized carbons (Fsp3) is 0.0769. The molecule has 92 valence electrons. The van der Waals surface area contributed by atoms with E-state index in [2.05, 4.69) is 20.9 Å². The molecule has 0 unspecified atom stereocenters. The average molecular weight is 308 g/mol. The molecule has 0 saturated carbocycles. The number of carboxylic acids is 1. The zero-order valence-electron chi connectivity index (χ0n) is 9.55. The minimum absolute atomic E-state index is 0.183. The molecule has 2 aromatic rings. The highest BCUT2D eigenvalue weighted by molar-refractivity contribution is 9.10. The Labute approximate surface area is 112 Å². The summed E-state index contributed by atoms with van der Waals surface area (Å²) in [5.74, 6) is -0.0745. The molecule has 1 N–H and O–H groups in total. The van der Waals surface area contributed by atoms with Gasteiger partial charge in [0.15, 0.2) is 0 Å². The minimum atomic E-state index is -0.985. The fourth-order valence-electron chi connectivity index (χ4n) is 1.44. The number of benzene rings is 1. The standard InChI is InChI=1S/C13H10BrNO3/c1-8-5-10(14)7-15-12(8)18-11-4-2-3-9(6-11)13(16)17/h2-7H,1H3,(H,16,17). The van der Waals surface area contributed by atoms with E-state index < -0.39 is 5.97 Å². The van der Waals surface area contributed by atoms with Crippen molar-refractivity contribution in [1.82, 2.24) is 4.98 Å². The maximum absolute atomic E-state index is 10.8. The second-order valence-electron chi connectivity index (χ2n) is 3.71. The number of hydrogen-bond donors (Lipinski definition) is 1. The molecule has 0 aliphatic heterocycles. The van der Waals surface area contributed by atoms with E-state index in [4.69, 9.17) is 9.84 Å². The van der Waals surface area contributed by atoms with Gasteiger partial charge in [0.1, 0.15) is 5.75 Å². The van der Waals surface area contributed by atoms with Gasteiger partial charge >= 0.3 is 5.97 Å². The second-order valence-corrected chi connectivity index (χ2v) is 4.63. The van der Waals surface area contributed by atoms with Crippen molar-refractivity contribution >= 4 is 21.9 Å². The Balaban J connectivity index is 2.28. The first-order valence-corrected chi connectivity index (χ1v) is 5.99. The quantitative estimate of drug-likeness (QED) is 0.940. The molecule has 0 atom stereocenters. The number of aryl methyl sites for hydroxylation is 1. The van der Waals surface area contributed by atoms with Crippen molar-refractivity contribution in [2.75, 3.05) is 0 Å². The monoisotopic (exact) mass is 307 g/mol. The zero-order chi connectivity index (χ0) is 13.1. The average Bonchev–Trinajstić information content (AvgIpc) is 2.33. The Morgan fingerprint density at radius 3 is 2.83 bits per heavy atom. The van der Waals surface area contributed by atoms with Gasteiger partial charge < -0.3 is 9.84 Å². The van der Waals surface area contributed by atoms with E-state index in [1.807, 2.05) is 13.0 Å². The van der Waals surface area contributed by atoms with Gasteiger partial charge in [0, 0.05) is 16.2 Å². The number of pyridine rings is 1. The molecule has 0 amide bonds. The van der Waals surface area contributed by atoms with Gasteiger partial charge in [0.25, 0.3) is 0 Å². The van der Waals surface area contributed by atoms with Crippen LogP contribution in [0, 0.1) is 6.92 Å². The third kappa shape index (κ3) is 2.87. The van der Waals surface area contributed by atoms with Crippen molar-refractivity contribution in [2.45, 2.75) is 6.92 Å². The molecule has 0 saturated heterocycles. The Hall–Kier alpha value is -1.88. The van der Waals surface area contributed by atoms with E-state index in [-0.39, 0.29) is 5.56 Å². The summed E-state index contributed by atoms with van der Waals surface area (Å²) in [5, 5.41) is 8.89. The molecule has 5 heteroatoms. The summed E-state index contributed by atoms with van der Waals surface area (Å²) in [6.45, 7) is 1.87. The van der Waals surface area contributed by atoms with Gasteiger partial charge in [0.2, 0.25) is 5.88 Å². The van der Waals surface area contributed by atoms with Crippen LogP contribution in [0.1, 0.15) is 15.9 Å². The van der Waals surface area contributed by atoms with E-state index in [1.165, 1.54) is 12.1 Å². The first kappa shape index (κ1) is 12.6. The number of carbonyl (C=O) groups is 1. The van der Waals surface area contributed by atoms with Crippen LogP contribution in [0.3, 0.4) is 0 Å². The molecule has 0 fully saturated rings. The summed E-state index contributed by atoms with van der Waals surface area (Å²) in [7, 11) is 0. The number of hydrogen-bond acceptors (Lipinski definition) is 3. The topological polar surface area (TPSA) is 59.4 Å². The third-order valence-corrected chi connectivity index (χ3v) is 2.73. The van der Waals surface area contributed by atoms with Crippen LogP contribution >= 0.6 is 15.9 Å². The van der Waals surface area contributed by atoms with Gasteiger partial charge in [-0.05, 0) is 47.1 Å². The Bertz CT molecular complexity index is 599. The highest BCUT2D eigenvalue weighted by Gasteiger charge is 2.07. The Morgan fingerprint density at radius 2 is 2.17 bits per heavy atom. The highest BCUT2D eigenvalue weighted by atomic mass is 79.9. The number of nitrogens with zero attached hydrogens (tertiary/aromatic N) is 1. The molecule has 18 heavy (non-hydrogen) atoms. The van der Waals surface area contributed by atoms with E-state index >= 15 is 0 Å². The third-order valence-electron chi connectivity index (χ3n) is 2.29. The highest BCUT2D eigenvalue weighted by Crippen LogP contribution is 2.25. The van der Waals surface area contributed by atoms with E-state index in [0.29, 0.717) is 11.6 Å². The van der Waals surface area contributed by atoms with Crippen molar-refractivity contribution in [1.29, 1.82) is 0 Å². The number of aromatic carboxylic acids is 1. The smallest absolute Gasteiger partial charge is 0.335 e. The lowest BCUT2D eigenvalue weighted by Crippen LogP contribution is -1.97. The van der Waals surface area contributed by atoms with Gasteiger partial charge in [-0.3, -0.25) is 0 Å². The van der Waals surface area contributed by atoms with Crippen LogP contribution in [-0.2, 0) is 0 Å². The SMILES string of the molecule is Cc1cc(Br)cnc1Oc1cccc(C(=O)O)c1. The summed E-state index contributed by atoms with van der Waals surface area (Å²) in [4.78, 5) is 15.0. The Morgan fingerprint density at radius 1 is 1.39 bits per heavy atom. The van der Waals surface area contributed by atoms with Crippen LogP contribution in [0.5, 0.6) is 11.6 Å². The lowest BCUT2D eigenvalue weighted by atomic mass is 10.2. The molecule has 0 radical (unpaired) electrons. The number of carboxylic acid groups (broad SMARTS) is 1. The molecule has 0 spiro atoms. The predicted octanol–water partition coefficient (Wildman–Crippen LogP) is 3.64. The van der Waals surface area contributed by atoms with E-state index in [9.17, 15) is 4.79 Å². The van der Waals surface area contributed by atoms with Crippen LogP contribution in [0.25, 0.3) is 0 Å². The van der Waals surface area contributed by atoms with Gasteiger partial charge in [-0.25, -0.2) is 9.78 Å². The van der Waals surface area contributed by atoms with Crippen LogP contribution in [0.4, 0.5) is 0 Å². The van der Waals surface area contributed by atoms with Gasteiger partial charge in [-0.1, -0.05) is 6.07 Å². The van der Waals surface area contributed by atoms with Crippen molar-refractivity contribution in [3.63, 3.8) is 0 Å². The van der Waals surface area contributed by atoms with Crippen LogP contribution in [0.2, 0.25) is 0 Å². The molecular weight excluding hydrogens is 298 g/mol. The lowest BCUT2D eigenvalue weighted by Gasteiger charge is -2.08. The van der Waals surface area contributed by atoms with Crippen molar-refractivity contribution in [2.24, 2.45) is 0 Å². The Kier molecular flexibility index (Phi) is 3.62. The summed E-state index contributed by atoms with van der Waals surface area (Å²) < 4.78 is 6.43. The van der Waals surface area contributed by atoms with Crippen molar-refractivity contribution < 1.29 is 14.6 Å². The van der Waals surface area contributed by atoms with Crippen LogP contribution in [-0.4, -0.2) is 16.1 Å². The van der Waals surface area contributed by atoms with Crippen LogP contribution in [0.15, 0.2) is 41.0 Å². The zero-order valence-corrected chi connectivity index (χ0v) is 11.1. The molecule has 2 rings (SSSR count). The normalized spacial score (nSPS) is 10.1. The summed E-state index contributed by atoms with van der Waals surface area (Å²) in [6, 6.07) is 8.18. The van der Waals surface area contributed by atoms with Crippen molar-refractivity contribution in [3.8, 4) is 11.6 Å². The van der Waals surface area contributed by atoms with Gasteiger partial charge in [-0.15, -0.1) is 0 Å². The van der Waals surface area contributed by atoms with E-state index in [1.54, 1.807) is 18.3 Å². The fourth-order valence-corrected chi connectivity index (χ4v) is 1.88. The van der Waals surface area contributed by atoms with Gasteiger partial charge in [0.05, 0.1) is 5.56 Å². The molecule has 1 aromatic heterocycles. The molecule has 1 aromatic carbocycles. The maximum Gasteiger partial charge on any atom is 0.335 e. The largest absolute Gasteiger partial charge is 0.478 e. The first-order valence-electron chi connectivity index (χ1n) is 5.19. The second kappa shape index (κ2) is 5.18. The first-order chi connectivity index (χ1) is 8.56. The summed E-state index contributed by atoms with van der Waals surface area (Å²) in [5.41, 5.74) is 1.05. The number of halogens is 1. The lowest BCUT2D eigenvalue weighted by molar-refractivity contribution is 0.0696. The maximum atomic E-state index is 10.8.